The van der Waals surface area contributed by atoms with Crippen molar-refractivity contribution >= 4 is 35.0 Å². The maximum Gasteiger partial charge on any atom is 0.258 e. The highest BCUT2D eigenvalue weighted by atomic mass is 35.5. The lowest BCUT2D eigenvalue weighted by molar-refractivity contribution is -0.113. The first kappa shape index (κ1) is 25.9. The van der Waals surface area contributed by atoms with Gasteiger partial charge < -0.3 is 10.1 Å². The Morgan fingerprint density at radius 2 is 1.97 bits per heavy atom. The monoisotopic (exact) mass is 537 g/mol. The van der Waals surface area contributed by atoms with Gasteiger partial charge in [0.15, 0.2) is 5.16 Å². The maximum absolute atomic E-state index is 14.1. The molecule has 1 N–H and O–H groups in total. The van der Waals surface area contributed by atoms with Crippen LogP contribution < -0.4 is 15.6 Å². The predicted octanol–water partition coefficient (Wildman–Crippen LogP) is 6.47. The summed E-state index contributed by atoms with van der Waals surface area (Å²) in [6.07, 6.45) is 7.26. The molecule has 1 amide bonds. The summed E-state index contributed by atoms with van der Waals surface area (Å²) in [5.74, 6) is 0.489. The van der Waals surface area contributed by atoms with Crippen LogP contribution in [0.1, 0.15) is 56.6 Å². The molecule has 0 saturated heterocycles. The fourth-order valence-electron chi connectivity index (χ4n) is 5.82. The molecule has 2 aromatic carbocycles. The fraction of sp³-hybridized carbons (Fsp3) is 0.414. The number of anilines is 1. The fourth-order valence-corrected chi connectivity index (χ4v) is 6.90. The highest BCUT2D eigenvalue weighted by Gasteiger charge is 2.43. The van der Waals surface area contributed by atoms with E-state index in [9.17, 15) is 9.59 Å². The van der Waals surface area contributed by atoms with E-state index in [0.29, 0.717) is 28.2 Å². The van der Waals surface area contributed by atoms with Crippen molar-refractivity contribution in [2.24, 2.45) is 0 Å². The molecule has 0 bridgehead atoms. The third-order valence-corrected chi connectivity index (χ3v) is 8.76. The van der Waals surface area contributed by atoms with Crippen LogP contribution in [0.3, 0.4) is 0 Å². The van der Waals surface area contributed by atoms with Gasteiger partial charge in [-0.25, -0.2) is 4.98 Å². The zero-order chi connectivity index (χ0) is 26.0. The summed E-state index contributed by atoms with van der Waals surface area (Å²) in [5.41, 5.74) is 4.53. The van der Waals surface area contributed by atoms with Crippen LogP contribution in [-0.2, 0) is 23.2 Å². The summed E-state index contributed by atoms with van der Waals surface area (Å²) in [7, 11) is 1.55. The van der Waals surface area contributed by atoms with Crippen molar-refractivity contribution in [1.82, 2.24) is 9.55 Å². The van der Waals surface area contributed by atoms with Gasteiger partial charge in [-0.1, -0.05) is 73.8 Å². The molecule has 0 aliphatic heterocycles. The molecule has 1 fully saturated rings. The molecule has 0 atom stereocenters. The number of aromatic nitrogens is 2. The molecule has 0 unspecified atom stereocenters. The first-order chi connectivity index (χ1) is 18.0. The number of rotatable bonds is 7. The number of hydrogen-bond acceptors (Lipinski definition) is 5. The lowest BCUT2D eigenvalue weighted by atomic mass is 9.62. The number of thioether (sulfide) groups is 1. The van der Waals surface area contributed by atoms with Crippen molar-refractivity contribution < 1.29 is 9.53 Å². The molecule has 1 spiro atoms. The minimum absolute atomic E-state index is 0.0631. The van der Waals surface area contributed by atoms with E-state index in [0.717, 1.165) is 55.3 Å². The quantitative estimate of drug-likeness (QED) is 0.276. The Balaban J connectivity index is 1.48. The molecule has 1 aromatic heterocycles. The number of methoxy groups -OCH3 is 1. The van der Waals surface area contributed by atoms with E-state index >= 15 is 0 Å². The number of hydrogen-bond donors (Lipinski definition) is 1. The molecule has 1 saturated carbocycles. The molecule has 8 heteroatoms. The number of nitrogens with zero attached hydrogens (tertiary/aromatic N) is 2. The van der Waals surface area contributed by atoms with Crippen molar-refractivity contribution in [2.45, 2.75) is 69.0 Å². The van der Waals surface area contributed by atoms with Crippen LogP contribution >= 0.6 is 23.4 Å². The third kappa shape index (κ3) is 5.04. The third-order valence-electron chi connectivity index (χ3n) is 7.49. The average Bonchev–Trinajstić information content (AvgIpc) is 2.89. The Morgan fingerprint density at radius 1 is 1.19 bits per heavy atom. The summed E-state index contributed by atoms with van der Waals surface area (Å²) >= 11 is 7.50. The molecule has 6 nitrogen and oxygen atoms in total. The van der Waals surface area contributed by atoms with E-state index in [1.54, 1.807) is 29.9 Å². The first-order valence-corrected chi connectivity index (χ1v) is 14.3. The summed E-state index contributed by atoms with van der Waals surface area (Å²) < 4.78 is 6.98. The van der Waals surface area contributed by atoms with E-state index in [2.05, 4.69) is 30.4 Å². The van der Waals surface area contributed by atoms with Gasteiger partial charge in [-0.15, -0.1) is 0 Å². The minimum Gasteiger partial charge on any atom is -0.495 e. The summed E-state index contributed by atoms with van der Waals surface area (Å²) in [6.45, 7) is 2.64. The van der Waals surface area contributed by atoms with Crippen LogP contribution in [0.4, 0.5) is 5.69 Å². The number of benzene rings is 2. The molecule has 0 radical (unpaired) electrons. The lowest BCUT2D eigenvalue weighted by Crippen LogP contribution is -2.43. The standard InChI is InChI=1S/C29H32ClN3O3S/c1-3-15-33-27(35)25-26(21-10-6-5-9-19(21)17-29(25)13-7-4-8-14-29)32-28(33)37-18-24(34)31-20-11-12-23(36-2)22(30)16-20/h5-6,9-12,16H,3-4,7-8,13-15,17-18H2,1-2H3,(H,31,34). The van der Waals surface area contributed by atoms with Gasteiger partial charge in [0.2, 0.25) is 5.91 Å². The van der Waals surface area contributed by atoms with Gasteiger partial charge in [0.25, 0.3) is 5.56 Å². The van der Waals surface area contributed by atoms with Gasteiger partial charge >= 0.3 is 0 Å². The molecule has 2 aliphatic rings. The van der Waals surface area contributed by atoms with Crippen molar-refractivity contribution in [1.29, 1.82) is 0 Å². The number of halogens is 1. The summed E-state index contributed by atoms with van der Waals surface area (Å²) in [5, 5.41) is 3.90. The molecule has 37 heavy (non-hydrogen) atoms. The minimum atomic E-state index is -0.189. The molecule has 5 rings (SSSR count). The topological polar surface area (TPSA) is 73.2 Å². The van der Waals surface area contributed by atoms with Crippen LogP contribution in [0, 0.1) is 0 Å². The second-order valence-electron chi connectivity index (χ2n) is 9.94. The number of amides is 1. The van der Waals surface area contributed by atoms with Gasteiger partial charge in [0.05, 0.1) is 29.1 Å². The second kappa shape index (κ2) is 10.9. The van der Waals surface area contributed by atoms with E-state index in [-0.39, 0.29) is 22.6 Å². The van der Waals surface area contributed by atoms with Crippen LogP contribution in [0.2, 0.25) is 5.02 Å². The Hall–Kier alpha value is -2.77. The Kier molecular flexibility index (Phi) is 7.63. The van der Waals surface area contributed by atoms with Crippen LogP contribution in [0.25, 0.3) is 11.3 Å². The van der Waals surface area contributed by atoms with Crippen molar-refractivity contribution in [3.63, 3.8) is 0 Å². The van der Waals surface area contributed by atoms with Crippen molar-refractivity contribution in [3.8, 4) is 17.0 Å². The molecule has 2 aliphatic carbocycles. The SMILES string of the molecule is CCCn1c(SCC(=O)Nc2ccc(OC)c(Cl)c2)nc2c(c1=O)C1(CCCCC1)Cc1ccccc1-2. The molecular weight excluding hydrogens is 506 g/mol. The van der Waals surface area contributed by atoms with E-state index in [1.807, 2.05) is 6.07 Å². The highest BCUT2D eigenvalue weighted by Crippen LogP contribution is 2.48. The summed E-state index contributed by atoms with van der Waals surface area (Å²) in [4.78, 5) is 32.0. The number of carbonyl (C=O) groups excluding carboxylic acids is 1. The smallest absolute Gasteiger partial charge is 0.258 e. The zero-order valence-corrected chi connectivity index (χ0v) is 22.9. The Labute approximate surface area is 226 Å². The number of fused-ring (bicyclic) bond motifs is 4. The first-order valence-electron chi connectivity index (χ1n) is 13.0. The Morgan fingerprint density at radius 3 is 2.70 bits per heavy atom. The van der Waals surface area contributed by atoms with Gasteiger partial charge in [0, 0.05) is 23.2 Å². The lowest BCUT2D eigenvalue weighted by Gasteiger charge is -2.42. The number of carbonyl (C=O) groups is 1. The van der Waals surface area contributed by atoms with Gasteiger partial charge in [0.1, 0.15) is 5.75 Å². The predicted molar refractivity (Wildman–Crippen MR) is 150 cm³/mol. The maximum atomic E-state index is 14.1. The number of nitrogens with one attached hydrogen (secondary N) is 1. The van der Waals surface area contributed by atoms with Gasteiger partial charge in [-0.05, 0) is 49.4 Å². The van der Waals surface area contributed by atoms with Crippen molar-refractivity contribution in [3.05, 3.63) is 69.0 Å². The molecule has 3 aromatic rings. The van der Waals surface area contributed by atoms with Crippen LogP contribution in [0.5, 0.6) is 5.75 Å². The van der Waals surface area contributed by atoms with Crippen molar-refractivity contribution in [2.75, 3.05) is 18.2 Å². The normalized spacial score (nSPS) is 15.6. The Bertz CT molecular complexity index is 1380. The number of ether oxygens (including phenoxy) is 1. The van der Waals surface area contributed by atoms with Crippen LogP contribution in [-0.4, -0.2) is 28.3 Å². The molecule has 194 valence electrons. The van der Waals surface area contributed by atoms with E-state index < -0.39 is 0 Å². The second-order valence-corrected chi connectivity index (χ2v) is 11.3. The zero-order valence-electron chi connectivity index (χ0n) is 21.3. The summed E-state index contributed by atoms with van der Waals surface area (Å²) in [6, 6.07) is 13.5. The molecule has 1 heterocycles. The molecular formula is C29H32ClN3O3S. The van der Waals surface area contributed by atoms with Gasteiger partial charge in [-0.3, -0.25) is 14.2 Å². The average molecular weight is 538 g/mol. The van der Waals surface area contributed by atoms with Crippen LogP contribution in [0.15, 0.2) is 52.4 Å². The van der Waals surface area contributed by atoms with E-state index in [1.165, 1.54) is 23.7 Å². The van der Waals surface area contributed by atoms with Gasteiger partial charge in [-0.2, -0.15) is 0 Å². The largest absolute Gasteiger partial charge is 0.495 e. The highest BCUT2D eigenvalue weighted by molar-refractivity contribution is 7.99. The van der Waals surface area contributed by atoms with E-state index in [4.69, 9.17) is 21.3 Å².